The van der Waals surface area contributed by atoms with Gasteiger partial charge in [0, 0.05) is 24.6 Å². The summed E-state index contributed by atoms with van der Waals surface area (Å²) in [6.07, 6.45) is 7.61. The van der Waals surface area contributed by atoms with Crippen molar-refractivity contribution in [2.45, 2.75) is 63.5 Å². The molecule has 0 unspecified atom stereocenters. The first-order chi connectivity index (χ1) is 17.5. The minimum atomic E-state index is -0.315. The lowest BCUT2D eigenvalue weighted by Crippen LogP contribution is -2.41. The molecule has 3 heterocycles. The molecule has 36 heavy (non-hydrogen) atoms. The quantitative estimate of drug-likeness (QED) is 0.663. The van der Waals surface area contributed by atoms with Crippen LogP contribution in [0.4, 0.5) is 5.69 Å². The number of benzene rings is 1. The van der Waals surface area contributed by atoms with Crippen molar-refractivity contribution in [1.82, 2.24) is 9.88 Å². The number of hydrazone groups is 1. The maximum absolute atomic E-state index is 13.1. The van der Waals surface area contributed by atoms with Gasteiger partial charge in [-0.2, -0.15) is 10.4 Å². The number of pyridine rings is 1. The van der Waals surface area contributed by atoms with E-state index in [1.165, 1.54) is 25.7 Å². The van der Waals surface area contributed by atoms with Crippen LogP contribution in [-0.2, 0) is 6.42 Å². The Morgan fingerprint density at radius 3 is 2.58 bits per heavy atom. The molecule has 0 spiro atoms. The average molecular weight is 504 g/mol. The van der Waals surface area contributed by atoms with Crippen LogP contribution in [0, 0.1) is 23.2 Å². The van der Waals surface area contributed by atoms with Gasteiger partial charge in [0.15, 0.2) is 0 Å². The third-order valence-electron chi connectivity index (χ3n) is 8.39. The van der Waals surface area contributed by atoms with Gasteiger partial charge in [-0.15, -0.1) is 0 Å². The van der Waals surface area contributed by atoms with Gasteiger partial charge in [0.05, 0.1) is 39.8 Å². The van der Waals surface area contributed by atoms with Crippen LogP contribution in [0.3, 0.4) is 0 Å². The summed E-state index contributed by atoms with van der Waals surface area (Å²) in [5.74, 6) is 0.815. The smallest absolute Gasteiger partial charge is 0.272 e. The Bertz CT molecular complexity index is 1260. The van der Waals surface area contributed by atoms with Gasteiger partial charge in [-0.1, -0.05) is 24.4 Å². The molecule has 2 aliphatic carbocycles. The van der Waals surface area contributed by atoms with Gasteiger partial charge < -0.3 is 10.0 Å². The minimum absolute atomic E-state index is 0.0575. The number of hydrogen-bond acceptors (Lipinski definition) is 6. The predicted molar refractivity (Wildman–Crippen MR) is 138 cm³/mol. The lowest BCUT2D eigenvalue weighted by molar-refractivity contribution is 0.0541. The highest BCUT2D eigenvalue weighted by molar-refractivity contribution is 6.32. The van der Waals surface area contributed by atoms with E-state index in [9.17, 15) is 15.2 Å². The number of anilines is 1. The Morgan fingerprint density at radius 2 is 1.86 bits per heavy atom. The van der Waals surface area contributed by atoms with Gasteiger partial charge in [-0.3, -0.25) is 9.80 Å². The van der Waals surface area contributed by atoms with E-state index in [-0.39, 0.29) is 18.1 Å². The van der Waals surface area contributed by atoms with Gasteiger partial charge in [-0.05, 0) is 74.8 Å². The van der Waals surface area contributed by atoms with E-state index in [4.69, 9.17) is 21.7 Å². The zero-order valence-corrected chi connectivity index (χ0v) is 21.0. The lowest BCUT2D eigenvalue weighted by Gasteiger charge is -2.34. The van der Waals surface area contributed by atoms with Crippen LogP contribution in [0.25, 0.3) is 0 Å². The number of carbonyl (C=O) groups is 1. The Morgan fingerprint density at radius 1 is 1.08 bits per heavy atom. The largest absolute Gasteiger partial charge is 0.393 e. The van der Waals surface area contributed by atoms with Crippen molar-refractivity contribution in [2.75, 3.05) is 18.1 Å². The van der Waals surface area contributed by atoms with Crippen LogP contribution >= 0.6 is 11.6 Å². The second kappa shape index (κ2) is 9.49. The fourth-order valence-electron chi connectivity index (χ4n) is 6.51. The van der Waals surface area contributed by atoms with Crippen LogP contribution in [0.1, 0.15) is 72.3 Å². The van der Waals surface area contributed by atoms with E-state index in [1.54, 1.807) is 11.0 Å². The molecule has 8 heteroatoms. The van der Waals surface area contributed by atoms with Crippen LogP contribution in [0.15, 0.2) is 35.4 Å². The number of nitriles is 1. The highest BCUT2D eigenvalue weighted by Gasteiger charge is 2.46. The maximum Gasteiger partial charge on any atom is 0.272 e. The summed E-state index contributed by atoms with van der Waals surface area (Å²) in [5, 5.41) is 26.9. The summed E-state index contributed by atoms with van der Waals surface area (Å²) in [6, 6.07) is 11.9. The molecule has 2 aliphatic heterocycles. The number of rotatable bonds is 3. The predicted octanol–water partition coefficient (Wildman–Crippen LogP) is 4.55. The first-order valence-corrected chi connectivity index (χ1v) is 13.5. The zero-order valence-electron chi connectivity index (χ0n) is 20.2. The summed E-state index contributed by atoms with van der Waals surface area (Å²) < 4.78 is 0. The fraction of sp³-hybridized carbons (Fsp3) is 0.500. The molecule has 1 N–H and O–H groups in total. The Kier molecular flexibility index (Phi) is 6.18. The molecule has 1 saturated carbocycles. The Labute approximate surface area is 216 Å². The molecule has 0 bridgehead atoms. The number of piperidine rings is 1. The summed E-state index contributed by atoms with van der Waals surface area (Å²) >= 11 is 6.41. The number of aliphatic hydroxyl groups is 1. The molecule has 1 aromatic carbocycles. The molecule has 6 rings (SSSR count). The van der Waals surface area contributed by atoms with Gasteiger partial charge >= 0.3 is 0 Å². The van der Waals surface area contributed by atoms with Crippen molar-refractivity contribution in [3.8, 4) is 6.07 Å². The molecule has 4 aliphatic rings. The number of aryl methyl sites for hydroxylation is 1. The van der Waals surface area contributed by atoms with E-state index in [0.29, 0.717) is 54.0 Å². The number of carbonyl (C=O) groups excluding carboxylic acids is 1. The van der Waals surface area contributed by atoms with Crippen molar-refractivity contribution < 1.29 is 9.90 Å². The van der Waals surface area contributed by atoms with Crippen molar-refractivity contribution in [3.63, 3.8) is 0 Å². The van der Waals surface area contributed by atoms with E-state index >= 15 is 0 Å². The fourth-order valence-corrected chi connectivity index (χ4v) is 6.73. The van der Waals surface area contributed by atoms with Crippen molar-refractivity contribution >= 4 is 28.9 Å². The number of hydrogen-bond donors (Lipinski definition) is 1. The molecule has 1 amide bonds. The number of nitrogens with zero attached hydrogens (tertiary/aromatic N) is 5. The average Bonchev–Trinajstić information content (AvgIpc) is 3.56. The number of likely N-dealkylation sites (tertiary alicyclic amines) is 1. The SMILES string of the molecule is N#Cc1ccc(N2N=C3c4ccc(C(=O)N5CCC(O)CC5)nc4CC[C@H]3[C@@H]2C2CCCC2)cc1Cl. The number of aromatic nitrogens is 1. The molecule has 1 aromatic heterocycles. The van der Waals surface area contributed by atoms with Crippen molar-refractivity contribution in [2.24, 2.45) is 16.9 Å². The van der Waals surface area contributed by atoms with E-state index < -0.39 is 0 Å². The van der Waals surface area contributed by atoms with Gasteiger partial charge in [0.2, 0.25) is 0 Å². The number of aliphatic hydroxyl groups excluding tert-OH is 1. The van der Waals surface area contributed by atoms with Gasteiger partial charge in [0.1, 0.15) is 11.8 Å². The third-order valence-corrected chi connectivity index (χ3v) is 8.71. The molecule has 186 valence electrons. The van der Waals surface area contributed by atoms with Crippen molar-refractivity contribution in [3.05, 3.63) is 57.9 Å². The number of fused-ring (bicyclic) bond motifs is 3. The summed E-state index contributed by atoms with van der Waals surface area (Å²) in [4.78, 5) is 19.7. The van der Waals surface area contributed by atoms with E-state index in [2.05, 4.69) is 11.1 Å². The highest BCUT2D eigenvalue weighted by atomic mass is 35.5. The molecule has 2 fully saturated rings. The highest BCUT2D eigenvalue weighted by Crippen LogP contribution is 2.45. The molecule has 7 nitrogen and oxygen atoms in total. The summed E-state index contributed by atoms with van der Waals surface area (Å²) in [7, 11) is 0. The standard InChI is InChI=1S/C28H30ClN5O2/c29-23-15-19(6-5-18(23)16-30)34-27(17-3-1-2-4-17)22-8-9-24-21(26(22)32-34)7-10-25(31-24)28(36)33-13-11-20(35)12-14-33/h5-7,10,15,17,20,22,27,35H,1-4,8-9,11-14H2/t22-,27+/m1/s1. The third kappa shape index (κ3) is 4.07. The van der Waals surface area contributed by atoms with Gasteiger partial charge in [-0.25, -0.2) is 4.98 Å². The first kappa shape index (κ1) is 23.4. The molecular weight excluding hydrogens is 474 g/mol. The monoisotopic (exact) mass is 503 g/mol. The van der Waals surface area contributed by atoms with Crippen LogP contribution in [0.2, 0.25) is 5.02 Å². The number of amides is 1. The van der Waals surface area contributed by atoms with Crippen LogP contribution in [0.5, 0.6) is 0 Å². The van der Waals surface area contributed by atoms with E-state index in [0.717, 1.165) is 35.5 Å². The Balaban J connectivity index is 1.33. The second-order valence-electron chi connectivity index (χ2n) is 10.5. The molecule has 1 saturated heterocycles. The lowest BCUT2D eigenvalue weighted by atomic mass is 9.76. The minimum Gasteiger partial charge on any atom is -0.393 e. The molecule has 2 atom stereocenters. The summed E-state index contributed by atoms with van der Waals surface area (Å²) in [6.45, 7) is 1.14. The second-order valence-corrected chi connectivity index (χ2v) is 10.9. The first-order valence-electron chi connectivity index (χ1n) is 13.1. The number of halogens is 1. The van der Waals surface area contributed by atoms with E-state index in [1.807, 2.05) is 24.3 Å². The van der Waals surface area contributed by atoms with Crippen LogP contribution in [-0.4, -0.2) is 51.8 Å². The summed E-state index contributed by atoms with van der Waals surface area (Å²) in [5.41, 5.74) is 4.91. The molecular formula is C28H30ClN5O2. The zero-order chi connectivity index (χ0) is 24.8. The Hall–Kier alpha value is -2.95. The van der Waals surface area contributed by atoms with Crippen LogP contribution < -0.4 is 5.01 Å². The molecule has 2 aromatic rings. The van der Waals surface area contributed by atoms with Crippen molar-refractivity contribution in [1.29, 1.82) is 5.26 Å². The van der Waals surface area contributed by atoms with Gasteiger partial charge in [0.25, 0.3) is 5.91 Å². The maximum atomic E-state index is 13.1. The topological polar surface area (TPSA) is 92.8 Å². The molecule has 0 radical (unpaired) electrons. The normalized spacial score (nSPS) is 24.3.